The van der Waals surface area contributed by atoms with E-state index in [1.165, 1.54) is 18.2 Å². The van der Waals surface area contributed by atoms with Gasteiger partial charge >= 0.3 is 12.0 Å². The maximum atomic E-state index is 12.7. The van der Waals surface area contributed by atoms with E-state index in [0.29, 0.717) is 27.6 Å². The Bertz CT molecular complexity index is 1370. The second kappa shape index (κ2) is 7.07. The van der Waals surface area contributed by atoms with E-state index in [2.05, 4.69) is 20.1 Å². The number of hydrogen-bond acceptors (Lipinski definition) is 8. The minimum atomic E-state index is -4.07. The first kappa shape index (κ1) is 19.8. The molecule has 0 unspecified atom stereocenters. The molecule has 2 aromatic heterocycles. The molecule has 0 radical (unpaired) electrons. The van der Waals surface area contributed by atoms with Crippen LogP contribution in [0.3, 0.4) is 0 Å². The van der Waals surface area contributed by atoms with Crippen LogP contribution in [0.4, 0.5) is 0 Å². The number of nitrogens with one attached hydrogen (secondary N) is 1. The van der Waals surface area contributed by atoms with Gasteiger partial charge in [-0.25, -0.2) is 8.42 Å². The van der Waals surface area contributed by atoms with Crippen LogP contribution in [-0.4, -0.2) is 50.8 Å². The smallest absolute Gasteiger partial charge is 0.353 e. The number of sulfonamides is 1. The van der Waals surface area contributed by atoms with Gasteiger partial charge in [0.15, 0.2) is 0 Å². The number of carboxylic acid groups (broad SMARTS) is 1. The van der Waals surface area contributed by atoms with Gasteiger partial charge in [0.05, 0.1) is 10.6 Å². The topological polar surface area (TPSA) is 160 Å². The Hall–Kier alpha value is -3.51. The SMILES string of the molecule is CC(C)[C@@H](NS(=O)(=O)c1ccc2oc3cc(-n4nnc(O)n4)ccc3c2c1)C(=O)O. The van der Waals surface area contributed by atoms with Crippen molar-refractivity contribution < 1.29 is 27.8 Å². The lowest BCUT2D eigenvalue weighted by atomic mass is 10.1. The second-order valence-electron chi connectivity index (χ2n) is 7.00. The fraction of sp³-hybridized carbons (Fsp3) is 0.222. The van der Waals surface area contributed by atoms with E-state index in [1.54, 1.807) is 32.0 Å². The van der Waals surface area contributed by atoms with Gasteiger partial charge in [0.25, 0.3) is 0 Å². The van der Waals surface area contributed by atoms with E-state index in [0.717, 1.165) is 4.80 Å². The van der Waals surface area contributed by atoms with Gasteiger partial charge in [0.1, 0.15) is 17.2 Å². The normalized spacial score (nSPS) is 13.3. The number of fused-ring (bicyclic) bond motifs is 3. The van der Waals surface area contributed by atoms with Gasteiger partial charge in [-0.05, 0) is 41.5 Å². The summed E-state index contributed by atoms with van der Waals surface area (Å²) < 4.78 is 33.5. The van der Waals surface area contributed by atoms with Crippen LogP contribution < -0.4 is 4.72 Å². The Morgan fingerprint density at radius 2 is 1.90 bits per heavy atom. The summed E-state index contributed by atoms with van der Waals surface area (Å²) in [5.74, 6) is -1.68. The van der Waals surface area contributed by atoms with Crippen LogP contribution >= 0.6 is 0 Å². The van der Waals surface area contributed by atoms with Gasteiger partial charge in [0.2, 0.25) is 10.0 Å². The molecule has 3 N–H and O–H groups in total. The molecule has 11 nitrogen and oxygen atoms in total. The van der Waals surface area contributed by atoms with E-state index in [9.17, 15) is 23.4 Å². The van der Waals surface area contributed by atoms with Crippen molar-refractivity contribution in [2.24, 2.45) is 5.92 Å². The van der Waals surface area contributed by atoms with Gasteiger partial charge in [-0.1, -0.05) is 24.0 Å². The fourth-order valence-electron chi connectivity index (χ4n) is 3.06. The molecule has 1 atom stereocenters. The highest BCUT2D eigenvalue weighted by molar-refractivity contribution is 7.89. The summed E-state index contributed by atoms with van der Waals surface area (Å²) >= 11 is 0. The minimum absolute atomic E-state index is 0.0726. The molecule has 2 aromatic carbocycles. The van der Waals surface area contributed by atoms with Crippen molar-refractivity contribution in [1.29, 1.82) is 0 Å². The van der Waals surface area contributed by atoms with E-state index < -0.39 is 34.0 Å². The number of tetrazole rings is 1. The average Bonchev–Trinajstić information content (AvgIpc) is 3.27. The number of aromatic nitrogens is 4. The molecule has 0 aliphatic rings. The number of nitrogens with zero attached hydrogens (tertiary/aromatic N) is 4. The second-order valence-corrected chi connectivity index (χ2v) is 8.71. The van der Waals surface area contributed by atoms with Crippen molar-refractivity contribution in [2.45, 2.75) is 24.8 Å². The van der Waals surface area contributed by atoms with Crippen molar-refractivity contribution in [3.8, 4) is 11.7 Å². The maximum Gasteiger partial charge on any atom is 0.353 e. The molecule has 0 saturated carbocycles. The zero-order valence-corrected chi connectivity index (χ0v) is 16.7. The first-order valence-corrected chi connectivity index (χ1v) is 10.3. The van der Waals surface area contributed by atoms with Crippen molar-refractivity contribution in [2.75, 3.05) is 0 Å². The summed E-state index contributed by atoms with van der Waals surface area (Å²) in [4.78, 5) is 12.4. The molecular weight excluding hydrogens is 414 g/mol. The maximum absolute atomic E-state index is 12.7. The minimum Gasteiger partial charge on any atom is -0.480 e. The molecule has 12 heteroatoms. The third-order valence-corrected chi connectivity index (χ3v) is 6.02. The van der Waals surface area contributed by atoms with Crippen LogP contribution in [0.2, 0.25) is 0 Å². The first-order chi connectivity index (χ1) is 14.2. The van der Waals surface area contributed by atoms with Crippen molar-refractivity contribution in [3.63, 3.8) is 0 Å². The molecule has 0 spiro atoms. The Balaban J connectivity index is 1.76. The summed E-state index contributed by atoms with van der Waals surface area (Å²) in [7, 11) is -4.07. The number of carbonyl (C=O) groups is 1. The van der Waals surface area contributed by atoms with Crippen molar-refractivity contribution in [1.82, 2.24) is 24.9 Å². The Morgan fingerprint density at radius 1 is 1.13 bits per heavy atom. The molecule has 4 rings (SSSR count). The lowest BCUT2D eigenvalue weighted by Gasteiger charge is -2.17. The van der Waals surface area contributed by atoms with Crippen LogP contribution in [-0.2, 0) is 14.8 Å². The molecule has 156 valence electrons. The third-order valence-electron chi connectivity index (χ3n) is 4.59. The number of hydrogen-bond donors (Lipinski definition) is 3. The highest BCUT2D eigenvalue weighted by atomic mass is 32.2. The molecule has 0 aliphatic carbocycles. The van der Waals surface area contributed by atoms with Crippen LogP contribution in [0.15, 0.2) is 45.7 Å². The highest BCUT2D eigenvalue weighted by Crippen LogP contribution is 2.31. The summed E-state index contributed by atoms with van der Waals surface area (Å²) in [6.07, 6.45) is 0. The molecule has 0 amide bonds. The first-order valence-electron chi connectivity index (χ1n) is 8.86. The largest absolute Gasteiger partial charge is 0.480 e. The van der Waals surface area contributed by atoms with Crippen LogP contribution in [0.5, 0.6) is 6.01 Å². The van der Waals surface area contributed by atoms with Gasteiger partial charge in [-0.15, -0.1) is 4.80 Å². The summed E-state index contributed by atoms with van der Waals surface area (Å²) in [5.41, 5.74) is 1.40. The monoisotopic (exact) mass is 431 g/mol. The Kier molecular flexibility index (Phi) is 4.67. The summed E-state index contributed by atoms with van der Waals surface area (Å²) in [5, 5.41) is 30.5. The lowest BCUT2D eigenvalue weighted by molar-refractivity contribution is -0.140. The standard InChI is InChI=1S/C18H17N5O6S/c1-9(2)16(17(24)25)21-30(27,28)11-4-6-14-13(8-11)12-5-3-10(7-15(12)29-14)23-20-18(26)19-22-23/h3-9,16,21H,1-2H3,(H,20,26)(H,24,25)/t16-/m1/s1. The van der Waals surface area contributed by atoms with Gasteiger partial charge < -0.3 is 14.6 Å². The van der Waals surface area contributed by atoms with Crippen LogP contribution in [0.1, 0.15) is 13.8 Å². The summed E-state index contributed by atoms with van der Waals surface area (Å²) in [6, 6.07) is 7.57. The molecular formula is C18H17N5O6S. The van der Waals surface area contributed by atoms with Gasteiger partial charge in [-0.2, -0.15) is 4.72 Å². The van der Waals surface area contributed by atoms with E-state index >= 15 is 0 Å². The predicted molar refractivity (Wildman–Crippen MR) is 105 cm³/mol. The molecule has 0 aliphatic heterocycles. The molecule has 0 saturated heterocycles. The third kappa shape index (κ3) is 3.46. The molecule has 30 heavy (non-hydrogen) atoms. The van der Waals surface area contributed by atoms with Crippen LogP contribution in [0.25, 0.3) is 27.6 Å². The predicted octanol–water partition coefficient (Wildman–Crippen LogP) is 1.65. The quantitative estimate of drug-likeness (QED) is 0.412. The van der Waals surface area contributed by atoms with Crippen molar-refractivity contribution in [3.05, 3.63) is 36.4 Å². The Morgan fingerprint density at radius 3 is 2.53 bits per heavy atom. The summed E-state index contributed by atoms with van der Waals surface area (Å²) in [6.45, 7) is 3.24. The van der Waals surface area contributed by atoms with E-state index in [1.807, 2.05) is 0 Å². The number of furan rings is 1. The number of carboxylic acids is 1. The van der Waals surface area contributed by atoms with Gasteiger partial charge in [-0.3, -0.25) is 4.79 Å². The number of aromatic hydroxyl groups is 1. The number of benzene rings is 2. The number of rotatable bonds is 6. The molecule has 2 heterocycles. The van der Waals surface area contributed by atoms with E-state index in [-0.39, 0.29) is 4.90 Å². The van der Waals surface area contributed by atoms with Crippen LogP contribution in [0, 0.1) is 5.92 Å². The molecule has 0 bridgehead atoms. The number of aliphatic carboxylic acids is 1. The Labute approximate surface area is 170 Å². The zero-order chi connectivity index (χ0) is 21.6. The zero-order valence-electron chi connectivity index (χ0n) is 15.8. The van der Waals surface area contributed by atoms with Crippen molar-refractivity contribution >= 4 is 37.9 Å². The highest BCUT2D eigenvalue weighted by Gasteiger charge is 2.28. The van der Waals surface area contributed by atoms with E-state index in [4.69, 9.17) is 4.42 Å². The average molecular weight is 431 g/mol. The fourth-order valence-corrected chi connectivity index (χ4v) is 4.42. The molecule has 0 fully saturated rings. The lowest BCUT2D eigenvalue weighted by Crippen LogP contribution is -2.44. The molecule has 4 aromatic rings. The van der Waals surface area contributed by atoms with Gasteiger partial charge in [0, 0.05) is 16.8 Å².